The van der Waals surface area contributed by atoms with Gasteiger partial charge in [-0.3, -0.25) is 4.79 Å². The Morgan fingerprint density at radius 1 is 1.07 bits per heavy atom. The molecule has 0 aliphatic rings. The van der Waals surface area contributed by atoms with E-state index in [0.29, 0.717) is 17.9 Å². The molecular formula is C22H24N2O4S. The zero-order chi connectivity index (χ0) is 21.3. The molecule has 0 amide bonds. The molecule has 7 heteroatoms. The summed E-state index contributed by atoms with van der Waals surface area (Å²) in [5, 5.41) is 5.19. The molecule has 0 saturated heterocycles. The predicted molar refractivity (Wildman–Crippen MR) is 114 cm³/mol. The van der Waals surface area contributed by atoms with Gasteiger partial charge in [0.2, 0.25) is 10.0 Å². The zero-order valence-corrected chi connectivity index (χ0v) is 17.7. The Kier molecular flexibility index (Phi) is 5.64. The van der Waals surface area contributed by atoms with Crippen molar-refractivity contribution in [3.8, 4) is 28.1 Å². The summed E-state index contributed by atoms with van der Waals surface area (Å²) < 4.78 is 30.5. The van der Waals surface area contributed by atoms with Gasteiger partial charge < -0.3 is 9.30 Å². The van der Waals surface area contributed by atoms with Crippen LogP contribution >= 0.6 is 0 Å². The lowest BCUT2D eigenvalue weighted by atomic mass is 9.99. The molecule has 3 aromatic rings. The van der Waals surface area contributed by atoms with Crippen molar-refractivity contribution in [1.82, 2.24) is 4.57 Å². The third-order valence-corrected chi connectivity index (χ3v) is 5.93. The first-order chi connectivity index (χ1) is 13.7. The van der Waals surface area contributed by atoms with E-state index in [1.807, 2.05) is 49.7 Å². The minimum Gasteiger partial charge on any atom is -0.496 e. The molecule has 0 fully saturated rings. The fourth-order valence-corrected chi connectivity index (χ4v) is 4.05. The summed E-state index contributed by atoms with van der Waals surface area (Å²) >= 11 is 0. The molecule has 0 spiro atoms. The molecule has 0 aliphatic carbocycles. The lowest BCUT2D eigenvalue weighted by Gasteiger charge is -2.14. The van der Waals surface area contributed by atoms with Crippen LogP contribution in [0.2, 0.25) is 0 Å². The van der Waals surface area contributed by atoms with E-state index >= 15 is 0 Å². The maximum absolute atomic E-state index is 12.2. The number of sulfonamides is 1. The molecule has 0 saturated carbocycles. The quantitative estimate of drug-likeness (QED) is 0.621. The molecule has 0 bridgehead atoms. The van der Waals surface area contributed by atoms with Crippen LogP contribution in [-0.2, 0) is 17.1 Å². The Hall–Kier alpha value is -2.90. The van der Waals surface area contributed by atoms with Gasteiger partial charge >= 0.3 is 0 Å². The molecule has 6 nitrogen and oxygen atoms in total. The highest BCUT2D eigenvalue weighted by molar-refractivity contribution is 7.89. The number of carbonyl (C=O) groups is 1. The van der Waals surface area contributed by atoms with Crippen molar-refractivity contribution in [2.45, 2.75) is 25.2 Å². The first kappa shape index (κ1) is 20.8. The van der Waals surface area contributed by atoms with Crippen molar-refractivity contribution < 1.29 is 17.9 Å². The van der Waals surface area contributed by atoms with Gasteiger partial charge in [-0.05, 0) is 60.0 Å². The second kappa shape index (κ2) is 7.85. The fraction of sp³-hybridized carbons (Fsp3) is 0.227. The molecule has 1 heterocycles. The average Bonchev–Trinajstić information content (AvgIpc) is 3.00. The second-order valence-corrected chi connectivity index (χ2v) is 8.44. The standard InChI is InChI=1S/C22H24N2O4S/c1-5-20(25)19-12-14(2)22(24(19)3)16-8-11-21(28-4)18(13-16)15-6-9-17(10-7-15)29(23,26)27/h6-13H,5H2,1-4H3,(H2,23,26,27). The van der Waals surface area contributed by atoms with Crippen LogP contribution in [0.1, 0.15) is 29.4 Å². The fourth-order valence-electron chi connectivity index (χ4n) is 3.53. The van der Waals surface area contributed by atoms with Crippen LogP contribution in [0.3, 0.4) is 0 Å². The van der Waals surface area contributed by atoms with Gasteiger partial charge in [0.1, 0.15) is 5.75 Å². The number of aromatic nitrogens is 1. The van der Waals surface area contributed by atoms with Crippen LogP contribution in [0.15, 0.2) is 53.4 Å². The molecule has 29 heavy (non-hydrogen) atoms. The van der Waals surface area contributed by atoms with Crippen LogP contribution < -0.4 is 9.88 Å². The highest BCUT2D eigenvalue weighted by Crippen LogP contribution is 2.36. The minimum atomic E-state index is -3.75. The number of methoxy groups -OCH3 is 1. The summed E-state index contributed by atoms with van der Waals surface area (Å²) in [7, 11) is -0.283. The second-order valence-electron chi connectivity index (χ2n) is 6.88. The number of nitrogens with zero attached hydrogens (tertiary/aromatic N) is 1. The Morgan fingerprint density at radius 3 is 2.24 bits per heavy atom. The topological polar surface area (TPSA) is 91.4 Å². The Labute approximate surface area is 171 Å². The van der Waals surface area contributed by atoms with E-state index < -0.39 is 10.0 Å². The van der Waals surface area contributed by atoms with Gasteiger partial charge in [0.25, 0.3) is 0 Å². The molecule has 2 aromatic carbocycles. The third-order valence-electron chi connectivity index (χ3n) is 5.00. The number of ketones is 1. The molecule has 1 aromatic heterocycles. The van der Waals surface area contributed by atoms with Gasteiger partial charge in [-0.1, -0.05) is 19.1 Å². The van der Waals surface area contributed by atoms with Gasteiger partial charge in [0.15, 0.2) is 5.78 Å². The largest absolute Gasteiger partial charge is 0.496 e. The summed E-state index contributed by atoms with van der Waals surface area (Å²) in [6.07, 6.45) is 0.445. The van der Waals surface area contributed by atoms with Gasteiger partial charge in [0.05, 0.1) is 23.4 Å². The number of Topliss-reactive ketones (excluding diaryl/α,β-unsaturated/α-hetero) is 1. The van der Waals surface area contributed by atoms with E-state index in [1.54, 1.807) is 19.2 Å². The van der Waals surface area contributed by atoms with Gasteiger partial charge in [-0.15, -0.1) is 0 Å². The van der Waals surface area contributed by atoms with Crippen LogP contribution in [0.4, 0.5) is 0 Å². The van der Waals surface area contributed by atoms with Crippen LogP contribution in [-0.4, -0.2) is 25.9 Å². The summed E-state index contributed by atoms with van der Waals surface area (Å²) in [5.74, 6) is 0.753. The van der Waals surface area contributed by atoms with E-state index in [0.717, 1.165) is 27.9 Å². The predicted octanol–water partition coefficient (Wildman–Crippen LogP) is 3.92. The van der Waals surface area contributed by atoms with Crippen molar-refractivity contribution in [2.75, 3.05) is 7.11 Å². The van der Waals surface area contributed by atoms with Crippen molar-refractivity contribution >= 4 is 15.8 Å². The number of nitrogens with two attached hydrogens (primary N) is 1. The number of hydrogen-bond donors (Lipinski definition) is 1. The van der Waals surface area contributed by atoms with Crippen LogP contribution in [0, 0.1) is 6.92 Å². The lowest BCUT2D eigenvalue weighted by molar-refractivity contribution is 0.0980. The average molecular weight is 413 g/mol. The first-order valence-corrected chi connectivity index (χ1v) is 10.7. The number of aryl methyl sites for hydroxylation is 1. The first-order valence-electron chi connectivity index (χ1n) is 9.18. The van der Waals surface area contributed by atoms with E-state index in [2.05, 4.69) is 0 Å². The highest BCUT2D eigenvalue weighted by atomic mass is 32.2. The Balaban J connectivity index is 2.14. The Morgan fingerprint density at radius 2 is 1.69 bits per heavy atom. The molecule has 3 rings (SSSR count). The summed E-state index contributed by atoms with van der Waals surface area (Å²) in [5.41, 5.74) is 5.18. The summed E-state index contributed by atoms with van der Waals surface area (Å²) in [6.45, 7) is 3.83. The highest BCUT2D eigenvalue weighted by Gasteiger charge is 2.18. The summed E-state index contributed by atoms with van der Waals surface area (Å²) in [4.78, 5) is 12.3. The smallest absolute Gasteiger partial charge is 0.238 e. The number of ether oxygens (including phenoxy) is 1. The van der Waals surface area contributed by atoms with Crippen molar-refractivity contribution in [3.05, 3.63) is 59.8 Å². The molecule has 2 N–H and O–H groups in total. The van der Waals surface area contributed by atoms with Gasteiger partial charge in [0, 0.05) is 19.0 Å². The maximum Gasteiger partial charge on any atom is 0.238 e. The monoisotopic (exact) mass is 412 g/mol. The van der Waals surface area contributed by atoms with Crippen LogP contribution in [0.25, 0.3) is 22.4 Å². The Bertz CT molecular complexity index is 1180. The number of benzene rings is 2. The van der Waals surface area contributed by atoms with Crippen molar-refractivity contribution in [1.29, 1.82) is 0 Å². The van der Waals surface area contributed by atoms with E-state index in [1.165, 1.54) is 12.1 Å². The number of carbonyl (C=O) groups excluding carboxylic acids is 1. The number of primary sulfonamides is 1. The SMILES string of the molecule is CCC(=O)c1cc(C)c(-c2ccc(OC)c(-c3ccc(S(N)(=O)=O)cc3)c2)n1C. The van der Waals surface area contributed by atoms with E-state index in [9.17, 15) is 13.2 Å². The lowest BCUT2D eigenvalue weighted by Crippen LogP contribution is -2.11. The summed E-state index contributed by atoms with van der Waals surface area (Å²) in [6, 6.07) is 14.1. The minimum absolute atomic E-state index is 0.0531. The molecule has 0 atom stereocenters. The van der Waals surface area contributed by atoms with E-state index in [-0.39, 0.29) is 10.7 Å². The zero-order valence-electron chi connectivity index (χ0n) is 16.9. The van der Waals surface area contributed by atoms with Crippen LogP contribution in [0.5, 0.6) is 5.75 Å². The molecule has 0 radical (unpaired) electrons. The number of hydrogen-bond acceptors (Lipinski definition) is 4. The van der Waals surface area contributed by atoms with E-state index in [4.69, 9.17) is 9.88 Å². The molecule has 0 aliphatic heterocycles. The number of rotatable bonds is 6. The van der Waals surface area contributed by atoms with Crippen molar-refractivity contribution in [3.63, 3.8) is 0 Å². The van der Waals surface area contributed by atoms with Gasteiger partial charge in [-0.25, -0.2) is 13.6 Å². The molecule has 152 valence electrons. The molecule has 0 unspecified atom stereocenters. The normalized spacial score (nSPS) is 11.5. The van der Waals surface area contributed by atoms with Crippen molar-refractivity contribution in [2.24, 2.45) is 12.2 Å². The third kappa shape index (κ3) is 3.97. The maximum atomic E-state index is 12.2. The van der Waals surface area contributed by atoms with Gasteiger partial charge in [-0.2, -0.15) is 0 Å². The molecular weight excluding hydrogens is 388 g/mol.